The normalized spacial score (nSPS) is 10.9. The van der Waals surface area contributed by atoms with E-state index in [1.54, 1.807) is 19.1 Å². The first-order valence-electron chi connectivity index (χ1n) is 5.37. The molecule has 0 heterocycles. The van der Waals surface area contributed by atoms with Crippen LogP contribution in [0.25, 0.3) is 0 Å². The summed E-state index contributed by atoms with van der Waals surface area (Å²) in [5.41, 5.74) is 4.25. The van der Waals surface area contributed by atoms with E-state index in [1.807, 2.05) is 6.92 Å². The first kappa shape index (κ1) is 14.0. The smallest absolute Gasteiger partial charge is 0.269 e. The van der Waals surface area contributed by atoms with Crippen molar-refractivity contribution in [2.45, 2.75) is 13.8 Å². The highest BCUT2D eigenvalue weighted by atomic mass is 32.1. The molecule has 0 amide bonds. The second kappa shape index (κ2) is 6.65. The number of hydrogen-bond acceptors (Lipinski definition) is 4. The van der Waals surface area contributed by atoms with Gasteiger partial charge in [0.1, 0.15) is 0 Å². The van der Waals surface area contributed by atoms with Crippen molar-refractivity contribution >= 4 is 28.7 Å². The second-order valence-corrected chi connectivity index (χ2v) is 3.88. The maximum absolute atomic E-state index is 10.5. The Labute approximate surface area is 110 Å². The minimum atomic E-state index is -0.436. The molecule has 1 aromatic rings. The van der Waals surface area contributed by atoms with Gasteiger partial charge in [0.05, 0.1) is 10.6 Å². The monoisotopic (exact) mass is 266 g/mol. The van der Waals surface area contributed by atoms with Crippen molar-refractivity contribution < 1.29 is 4.92 Å². The van der Waals surface area contributed by atoms with Gasteiger partial charge in [-0.1, -0.05) is 0 Å². The van der Waals surface area contributed by atoms with Crippen molar-refractivity contribution in [3.05, 3.63) is 39.9 Å². The Bertz CT molecular complexity index is 470. The highest BCUT2D eigenvalue weighted by molar-refractivity contribution is 7.80. The molecule has 0 bridgehead atoms. The number of nitrogens with zero attached hydrogens (tertiary/aromatic N) is 2. The van der Waals surface area contributed by atoms with Crippen LogP contribution < -0.4 is 10.7 Å². The lowest BCUT2D eigenvalue weighted by atomic mass is 10.1. The average Bonchev–Trinajstić information content (AvgIpc) is 2.36. The molecular weight excluding hydrogens is 252 g/mol. The molecule has 6 nitrogen and oxygen atoms in total. The molecular formula is C11H14N4O2S. The standard InChI is InChI=1S/C11H14N4O2S/c1-3-12-11(18)14-13-8(2)9-4-6-10(7-5-9)15(16)17/h4-7H,3H2,1-2H3,(H2,12,14,18)/b13-8-. The Morgan fingerprint density at radius 2 is 2.06 bits per heavy atom. The van der Waals surface area contributed by atoms with E-state index in [-0.39, 0.29) is 5.69 Å². The van der Waals surface area contributed by atoms with Gasteiger partial charge < -0.3 is 5.32 Å². The molecule has 1 rings (SSSR count). The minimum absolute atomic E-state index is 0.0580. The van der Waals surface area contributed by atoms with Gasteiger partial charge in [0.2, 0.25) is 0 Å². The van der Waals surface area contributed by atoms with Gasteiger partial charge >= 0.3 is 0 Å². The summed E-state index contributed by atoms with van der Waals surface area (Å²) >= 11 is 4.96. The SMILES string of the molecule is CCNC(=S)N/N=C(/C)c1ccc([N+](=O)[O-])cc1. The molecule has 0 aliphatic rings. The number of hydrazone groups is 1. The van der Waals surface area contributed by atoms with Crippen LogP contribution in [0.15, 0.2) is 29.4 Å². The van der Waals surface area contributed by atoms with Gasteiger partial charge in [0.15, 0.2) is 5.11 Å². The second-order valence-electron chi connectivity index (χ2n) is 3.47. The molecule has 0 saturated carbocycles. The van der Waals surface area contributed by atoms with Gasteiger partial charge in [0.25, 0.3) is 5.69 Å². The van der Waals surface area contributed by atoms with Gasteiger partial charge in [0, 0.05) is 18.7 Å². The molecule has 0 unspecified atom stereocenters. The molecule has 0 radical (unpaired) electrons. The van der Waals surface area contributed by atoms with Crippen molar-refractivity contribution in [1.29, 1.82) is 0 Å². The lowest BCUT2D eigenvalue weighted by Crippen LogP contribution is -2.32. The zero-order valence-electron chi connectivity index (χ0n) is 10.1. The summed E-state index contributed by atoms with van der Waals surface area (Å²) in [6.45, 7) is 4.45. The van der Waals surface area contributed by atoms with Crippen LogP contribution in [0.4, 0.5) is 5.69 Å². The predicted molar refractivity (Wildman–Crippen MR) is 74.7 cm³/mol. The quantitative estimate of drug-likeness (QED) is 0.376. The van der Waals surface area contributed by atoms with Gasteiger partial charge in [-0.15, -0.1) is 0 Å². The molecule has 0 atom stereocenters. The molecule has 18 heavy (non-hydrogen) atoms. The van der Waals surface area contributed by atoms with Crippen LogP contribution in [0.5, 0.6) is 0 Å². The van der Waals surface area contributed by atoms with Gasteiger partial charge in [-0.3, -0.25) is 15.5 Å². The third-order valence-corrected chi connectivity index (χ3v) is 2.39. The fourth-order valence-electron chi connectivity index (χ4n) is 1.22. The van der Waals surface area contributed by atoms with E-state index in [1.165, 1.54) is 12.1 Å². The first-order chi connectivity index (χ1) is 8.54. The molecule has 0 aromatic heterocycles. The van der Waals surface area contributed by atoms with Crippen LogP contribution in [0.3, 0.4) is 0 Å². The number of rotatable bonds is 4. The Morgan fingerprint density at radius 1 is 1.44 bits per heavy atom. The van der Waals surface area contributed by atoms with Gasteiger partial charge in [-0.25, -0.2) is 0 Å². The lowest BCUT2D eigenvalue weighted by molar-refractivity contribution is -0.384. The van der Waals surface area contributed by atoms with Crippen LogP contribution in [0, 0.1) is 10.1 Å². The minimum Gasteiger partial charge on any atom is -0.362 e. The summed E-state index contributed by atoms with van der Waals surface area (Å²) in [5.74, 6) is 0. The number of non-ortho nitro benzene ring substituents is 1. The van der Waals surface area contributed by atoms with E-state index in [0.29, 0.717) is 10.8 Å². The number of hydrogen-bond donors (Lipinski definition) is 2. The number of nitro benzene ring substituents is 1. The molecule has 2 N–H and O–H groups in total. The van der Waals surface area contributed by atoms with Crippen molar-refractivity contribution in [1.82, 2.24) is 10.7 Å². The zero-order valence-corrected chi connectivity index (χ0v) is 11.0. The van der Waals surface area contributed by atoms with Crippen molar-refractivity contribution in [2.75, 3.05) is 6.54 Å². The van der Waals surface area contributed by atoms with Gasteiger partial charge in [-0.05, 0) is 43.8 Å². The van der Waals surface area contributed by atoms with E-state index in [9.17, 15) is 10.1 Å². The van der Waals surface area contributed by atoms with Crippen LogP contribution >= 0.6 is 12.2 Å². The maximum atomic E-state index is 10.5. The highest BCUT2D eigenvalue weighted by Gasteiger charge is 2.05. The summed E-state index contributed by atoms with van der Waals surface area (Å²) < 4.78 is 0. The molecule has 0 saturated heterocycles. The third kappa shape index (κ3) is 4.10. The van der Waals surface area contributed by atoms with E-state index >= 15 is 0 Å². The maximum Gasteiger partial charge on any atom is 0.269 e. The Balaban J connectivity index is 2.71. The van der Waals surface area contributed by atoms with Crippen molar-refractivity contribution in [3.63, 3.8) is 0 Å². The van der Waals surface area contributed by atoms with E-state index in [0.717, 1.165) is 12.1 Å². The molecule has 96 valence electrons. The fourth-order valence-corrected chi connectivity index (χ4v) is 1.41. The average molecular weight is 266 g/mol. The number of thiocarbonyl (C=S) groups is 1. The third-order valence-electron chi connectivity index (χ3n) is 2.16. The summed E-state index contributed by atoms with van der Waals surface area (Å²) in [7, 11) is 0. The Morgan fingerprint density at radius 3 is 2.56 bits per heavy atom. The van der Waals surface area contributed by atoms with E-state index in [4.69, 9.17) is 12.2 Å². The highest BCUT2D eigenvalue weighted by Crippen LogP contribution is 2.12. The number of nitrogens with one attached hydrogen (secondary N) is 2. The van der Waals surface area contributed by atoms with Gasteiger partial charge in [-0.2, -0.15) is 5.10 Å². The largest absolute Gasteiger partial charge is 0.362 e. The Hall–Kier alpha value is -2.02. The topological polar surface area (TPSA) is 79.6 Å². The van der Waals surface area contributed by atoms with Crippen LogP contribution in [0.2, 0.25) is 0 Å². The van der Waals surface area contributed by atoms with Crippen molar-refractivity contribution in [2.24, 2.45) is 5.10 Å². The molecule has 0 fully saturated rings. The molecule has 0 aliphatic heterocycles. The van der Waals surface area contributed by atoms with E-state index in [2.05, 4.69) is 15.8 Å². The first-order valence-corrected chi connectivity index (χ1v) is 5.78. The predicted octanol–water partition coefficient (Wildman–Crippen LogP) is 1.80. The summed E-state index contributed by atoms with van der Waals surface area (Å²) in [6.07, 6.45) is 0. The fraction of sp³-hybridized carbons (Fsp3) is 0.273. The van der Waals surface area contributed by atoms with Crippen LogP contribution in [-0.4, -0.2) is 22.3 Å². The molecule has 7 heteroatoms. The Kier molecular flexibility index (Phi) is 5.19. The number of nitro groups is 1. The van der Waals surface area contributed by atoms with E-state index < -0.39 is 4.92 Å². The van der Waals surface area contributed by atoms with Crippen LogP contribution in [0.1, 0.15) is 19.4 Å². The molecule has 1 aromatic carbocycles. The summed E-state index contributed by atoms with van der Waals surface area (Å²) in [4.78, 5) is 10.1. The number of benzene rings is 1. The summed E-state index contributed by atoms with van der Waals surface area (Å²) in [5, 5.41) is 17.9. The van der Waals surface area contributed by atoms with Crippen molar-refractivity contribution in [3.8, 4) is 0 Å². The molecule has 0 spiro atoms. The van der Waals surface area contributed by atoms with Crippen LogP contribution in [-0.2, 0) is 0 Å². The molecule has 0 aliphatic carbocycles. The lowest BCUT2D eigenvalue weighted by Gasteiger charge is -2.05. The zero-order chi connectivity index (χ0) is 13.5. The summed E-state index contributed by atoms with van der Waals surface area (Å²) in [6, 6.07) is 6.18.